The summed E-state index contributed by atoms with van der Waals surface area (Å²) < 4.78 is 41.0. The van der Waals surface area contributed by atoms with Gasteiger partial charge in [0.2, 0.25) is 0 Å². The van der Waals surface area contributed by atoms with Gasteiger partial charge < -0.3 is 15.0 Å². The van der Waals surface area contributed by atoms with E-state index in [0.717, 1.165) is 11.3 Å². The van der Waals surface area contributed by atoms with Crippen molar-refractivity contribution in [2.45, 2.75) is 25.7 Å². The molecule has 27 heavy (non-hydrogen) atoms. The summed E-state index contributed by atoms with van der Waals surface area (Å²) in [7, 11) is 0. The van der Waals surface area contributed by atoms with E-state index in [4.69, 9.17) is 0 Å². The van der Waals surface area contributed by atoms with Crippen LogP contribution in [-0.4, -0.2) is 40.5 Å². The van der Waals surface area contributed by atoms with Crippen LogP contribution in [0.25, 0.3) is 0 Å². The summed E-state index contributed by atoms with van der Waals surface area (Å²) in [6.07, 6.45) is -3.84. The average Bonchev–Trinajstić information content (AvgIpc) is 2.64. The summed E-state index contributed by atoms with van der Waals surface area (Å²) in [6, 6.07) is 7.15. The number of alkyl halides is 3. The van der Waals surface area contributed by atoms with Crippen molar-refractivity contribution in [1.82, 2.24) is 20.4 Å². The van der Waals surface area contributed by atoms with Crippen molar-refractivity contribution in [2.24, 2.45) is 0 Å². The largest absolute Gasteiger partial charge is 0.484 e. The number of fused-ring (bicyclic) bond motifs is 1. The predicted molar refractivity (Wildman–Crippen MR) is 89.2 cm³/mol. The highest BCUT2D eigenvalue weighted by Crippen LogP contribution is 2.19. The highest BCUT2D eigenvalue weighted by molar-refractivity contribution is 5.74. The molecule has 2 N–H and O–H groups in total. The Morgan fingerprint density at radius 2 is 2.04 bits per heavy atom. The molecular formula is C17H17F3N4O3. The van der Waals surface area contributed by atoms with Crippen molar-refractivity contribution in [2.75, 3.05) is 13.2 Å². The third-order valence-electron chi connectivity index (χ3n) is 4.01. The number of H-pyrrole nitrogens is 1. The predicted octanol–water partition coefficient (Wildman–Crippen LogP) is 1.98. The molecule has 1 aromatic heterocycles. The van der Waals surface area contributed by atoms with Crippen molar-refractivity contribution < 1.29 is 22.7 Å². The first-order valence-electron chi connectivity index (χ1n) is 8.19. The van der Waals surface area contributed by atoms with E-state index in [-0.39, 0.29) is 23.9 Å². The van der Waals surface area contributed by atoms with Gasteiger partial charge in [0.25, 0.3) is 5.56 Å². The Bertz CT molecular complexity index is 865. The van der Waals surface area contributed by atoms with Crippen molar-refractivity contribution in [3.05, 3.63) is 57.5 Å². The number of benzene rings is 1. The van der Waals surface area contributed by atoms with E-state index in [2.05, 4.69) is 20.3 Å². The standard InChI is InChI=1S/C17H17F3N4O3/c18-17(19,20)10-27-13-3-1-11(2-4-13)8-21-16(26)24-6-5-14-12(9-24)7-15(25)23-22-14/h1-4,7H,5-6,8-10H2,(H,21,26)(H,23,25). The van der Waals surface area contributed by atoms with Crippen LogP contribution in [0.15, 0.2) is 35.1 Å². The van der Waals surface area contributed by atoms with Gasteiger partial charge in [0.15, 0.2) is 6.61 Å². The van der Waals surface area contributed by atoms with Gasteiger partial charge in [0.05, 0.1) is 5.69 Å². The summed E-state index contributed by atoms with van der Waals surface area (Å²) in [5.74, 6) is 0.104. The molecule has 3 rings (SSSR count). The van der Waals surface area contributed by atoms with Gasteiger partial charge in [-0.15, -0.1) is 0 Å². The lowest BCUT2D eigenvalue weighted by Crippen LogP contribution is -2.43. The number of hydrogen-bond donors (Lipinski definition) is 2. The van der Waals surface area contributed by atoms with E-state index in [1.54, 1.807) is 17.0 Å². The van der Waals surface area contributed by atoms with Crippen LogP contribution in [0.3, 0.4) is 0 Å². The highest BCUT2D eigenvalue weighted by atomic mass is 19.4. The number of halogens is 3. The number of urea groups is 1. The molecule has 0 saturated heterocycles. The molecule has 0 fully saturated rings. The Kier molecular flexibility index (Phi) is 5.33. The second-order valence-corrected chi connectivity index (χ2v) is 6.08. The quantitative estimate of drug-likeness (QED) is 0.847. The van der Waals surface area contributed by atoms with Crippen molar-refractivity contribution in [1.29, 1.82) is 0 Å². The van der Waals surface area contributed by atoms with E-state index in [1.165, 1.54) is 18.2 Å². The van der Waals surface area contributed by atoms with Crippen LogP contribution in [-0.2, 0) is 19.5 Å². The second kappa shape index (κ2) is 7.68. The molecule has 7 nitrogen and oxygen atoms in total. The molecule has 2 amide bonds. The minimum Gasteiger partial charge on any atom is -0.484 e. The van der Waals surface area contributed by atoms with Gasteiger partial charge in [-0.3, -0.25) is 4.79 Å². The first kappa shape index (κ1) is 18.7. The third kappa shape index (κ3) is 5.22. The van der Waals surface area contributed by atoms with Gasteiger partial charge in [0, 0.05) is 37.7 Å². The van der Waals surface area contributed by atoms with Crippen LogP contribution in [0.4, 0.5) is 18.0 Å². The molecule has 144 valence electrons. The number of nitrogens with zero attached hydrogens (tertiary/aromatic N) is 2. The van der Waals surface area contributed by atoms with E-state index >= 15 is 0 Å². The molecule has 2 heterocycles. The number of aromatic nitrogens is 2. The Balaban J connectivity index is 1.51. The fraction of sp³-hybridized carbons (Fsp3) is 0.353. The first-order valence-corrected chi connectivity index (χ1v) is 8.19. The van der Waals surface area contributed by atoms with Crippen LogP contribution in [0.5, 0.6) is 5.75 Å². The minimum absolute atomic E-state index is 0.104. The van der Waals surface area contributed by atoms with E-state index in [9.17, 15) is 22.8 Å². The summed E-state index contributed by atoms with van der Waals surface area (Å²) in [4.78, 5) is 25.2. The van der Waals surface area contributed by atoms with Crippen LogP contribution in [0, 0.1) is 0 Å². The minimum atomic E-state index is -4.39. The number of aromatic amines is 1. The van der Waals surface area contributed by atoms with Crippen molar-refractivity contribution in [3.8, 4) is 5.75 Å². The third-order valence-corrected chi connectivity index (χ3v) is 4.01. The maximum absolute atomic E-state index is 12.3. The Labute approximate surface area is 152 Å². The number of hydrogen-bond acceptors (Lipinski definition) is 4. The molecule has 0 saturated carbocycles. The Morgan fingerprint density at radius 3 is 2.74 bits per heavy atom. The number of carbonyl (C=O) groups excluding carboxylic acids is 1. The summed E-state index contributed by atoms with van der Waals surface area (Å²) in [6.45, 7) is -0.364. The van der Waals surface area contributed by atoms with E-state index in [0.29, 0.717) is 25.1 Å². The molecular weight excluding hydrogens is 365 g/mol. The van der Waals surface area contributed by atoms with Crippen molar-refractivity contribution in [3.63, 3.8) is 0 Å². The SMILES string of the molecule is O=C(NCc1ccc(OCC(F)(F)F)cc1)N1CCc2n[nH]c(=O)cc2C1. The number of ether oxygens (including phenoxy) is 1. The number of rotatable bonds is 4. The molecule has 0 radical (unpaired) electrons. The smallest absolute Gasteiger partial charge is 0.422 e. The second-order valence-electron chi connectivity index (χ2n) is 6.08. The molecule has 1 aromatic carbocycles. The van der Waals surface area contributed by atoms with Gasteiger partial charge in [-0.2, -0.15) is 18.3 Å². The molecule has 0 spiro atoms. The Morgan fingerprint density at radius 1 is 1.30 bits per heavy atom. The number of nitrogens with one attached hydrogen (secondary N) is 2. The van der Waals surface area contributed by atoms with Gasteiger partial charge in [-0.1, -0.05) is 12.1 Å². The lowest BCUT2D eigenvalue weighted by Gasteiger charge is -2.27. The molecule has 2 aromatic rings. The fourth-order valence-corrected chi connectivity index (χ4v) is 2.68. The lowest BCUT2D eigenvalue weighted by atomic mass is 10.1. The molecule has 1 aliphatic rings. The topological polar surface area (TPSA) is 87.3 Å². The zero-order valence-electron chi connectivity index (χ0n) is 14.2. The van der Waals surface area contributed by atoms with Crippen LogP contribution in [0.1, 0.15) is 16.8 Å². The molecule has 0 atom stereocenters. The van der Waals surface area contributed by atoms with E-state index in [1.807, 2.05) is 0 Å². The first-order chi connectivity index (χ1) is 12.8. The van der Waals surface area contributed by atoms with Gasteiger partial charge in [0.1, 0.15) is 5.75 Å². The summed E-state index contributed by atoms with van der Waals surface area (Å²) in [5, 5.41) is 9.09. The average molecular weight is 382 g/mol. The van der Waals surface area contributed by atoms with Crippen LogP contribution >= 0.6 is 0 Å². The zero-order valence-corrected chi connectivity index (χ0v) is 14.2. The van der Waals surface area contributed by atoms with Gasteiger partial charge >= 0.3 is 12.2 Å². The fourth-order valence-electron chi connectivity index (χ4n) is 2.68. The summed E-state index contributed by atoms with van der Waals surface area (Å²) in [5.41, 5.74) is 1.89. The molecule has 0 bridgehead atoms. The van der Waals surface area contributed by atoms with Gasteiger partial charge in [-0.25, -0.2) is 9.89 Å². The molecule has 0 aliphatic carbocycles. The maximum Gasteiger partial charge on any atom is 0.422 e. The number of amides is 2. The number of carbonyl (C=O) groups is 1. The Hall–Kier alpha value is -3.04. The van der Waals surface area contributed by atoms with Gasteiger partial charge in [-0.05, 0) is 17.7 Å². The lowest BCUT2D eigenvalue weighted by molar-refractivity contribution is -0.153. The zero-order chi connectivity index (χ0) is 19.4. The molecule has 10 heteroatoms. The normalized spacial score (nSPS) is 13.8. The molecule has 1 aliphatic heterocycles. The van der Waals surface area contributed by atoms with Crippen LogP contribution < -0.4 is 15.6 Å². The van der Waals surface area contributed by atoms with E-state index < -0.39 is 12.8 Å². The van der Waals surface area contributed by atoms with Crippen molar-refractivity contribution >= 4 is 6.03 Å². The monoisotopic (exact) mass is 382 g/mol. The summed E-state index contributed by atoms with van der Waals surface area (Å²) >= 11 is 0. The molecule has 0 unspecified atom stereocenters. The van der Waals surface area contributed by atoms with Crippen LogP contribution in [0.2, 0.25) is 0 Å². The maximum atomic E-state index is 12.3. The highest BCUT2D eigenvalue weighted by Gasteiger charge is 2.28.